The number of nitrogens with zero attached hydrogens (tertiary/aromatic N) is 1. The molecule has 2 rings (SSSR count). The first-order valence-corrected chi connectivity index (χ1v) is 6.78. The molecule has 1 atom stereocenters. The van der Waals surface area contributed by atoms with Gasteiger partial charge in [-0.25, -0.2) is 4.79 Å². The number of aliphatic carboxylic acids is 1. The largest absolute Gasteiger partial charge is 0.481 e. The van der Waals surface area contributed by atoms with Gasteiger partial charge in [0.1, 0.15) is 0 Å². The van der Waals surface area contributed by atoms with Crippen molar-refractivity contribution in [3.05, 3.63) is 0 Å². The van der Waals surface area contributed by atoms with Gasteiger partial charge in [-0.1, -0.05) is 0 Å². The zero-order valence-corrected chi connectivity index (χ0v) is 11.5. The van der Waals surface area contributed by atoms with Gasteiger partial charge in [-0.15, -0.1) is 0 Å². The molecule has 1 saturated heterocycles. The molecule has 0 aromatic carbocycles. The molecule has 1 saturated carbocycles. The Kier molecular flexibility index (Phi) is 3.99. The predicted molar refractivity (Wildman–Crippen MR) is 68.9 cm³/mol. The predicted octanol–water partition coefficient (Wildman–Crippen LogP) is 1.06. The topological polar surface area (TPSA) is 78.9 Å². The summed E-state index contributed by atoms with van der Waals surface area (Å²) >= 11 is 0. The summed E-state index contributed by atoms with van der Waals surface area (Å²) in [5.41, 5.74) is -0.336. The highest BCUT2D eigenvalue weighted by atomic mass is 16.5. The molecule has 0 spiro atoms. The minimum Gasteiger partial charge on any atom is -0.481 e. The summed E-state index contributed by atoms with van der Waals surface area (Å²) in [5, 5.41) is 11.8. The summed E-state index contributed by atoms with van der Waals surface area (Å²) in [4.78, 5) is 24.7. The van der Waals surface area contributed by atoms with Gasteiger partial charge in [0, 0.05) is 12.6 Å². The van der Waals surface area contributed by atoms with Crippen molar-refractivity contribution in [3.63, 3.8) is 0 Å². The van der Waals surface area contributed by atoms with Gasteiger partial charge < -0.3 is 20.1 Å². The number of urea groups is 1. The number of carbonyl (C=O) groups is 2. The van der Waals surface area contributed by atoms with Crippen LogP contribution in [0.1, 0.15) is 33.1 Å². The van der Waals surface area contributed by atoms with E-state index in [4.69, 9.17) is 9.84 Å². The van der Waals surface area contributed by atoms with Crippen LogP contribution in [0.15, 0.2) is 0 Å². The number of carboxylic acid groups (broad SMARTS) is 1. The monoisotopic (exact) mass is 270 g/mol. The van der Waals surface area contributed by atoms with Crippen molar-refractivity contribution in [1.82, 2.24) is 10.2 Å². The average molecular weight is 270 g/mol. The lowest BCUT2D eigenvalue weighted by molar-refractivity contribution is -0.137. The summed E-state index contributed by atoms with van der Waals surface area (Å²) in [7, 11) is 0. The number of carbonyl (C=O) groups excluding carboxylic acids is 1. The minimum absolute atomic E-state index is 0.00411. The molecule has 2 fully saturated rings. The van der Waals surface area contributed by atoms with Crippen molar-refractivity contribution in [3.8, 4) is 0 Å². The molecular formula is C13H22N2O4. The van der Waals surface area contributed by atoms with Gasteiger partial charge in [0.2, 0.25) is 0 Å². The Morgan fingerprint density at radius 1 is 1.47 bits per heavy atom. The number of nitrogens with one attached hydrogen (secondary N) is 1. The Labute approximate surface area is 113 Å². The summed E-state index contributed by atoms with van der Waals surface area (Å²) < 4.78 is 5.56. The number of ether oxygens (including phenoxy) is 1. The van der Waals surface area contributed by atoms with E-state index in [-0.39, 0.29) is 24.1 Å². The maximum absolute atomic E-state index is 12.2. The number of hydrogen-bond acceptors (Lipinski definition) is 3. The molecule has 0 aromatic rings. The minimum atomic E-state index is -0.862. The molecule has 6 heteroatoms. The molecule has 108 valence electrons. The third-order valence-electron chi connectivity index (χ3n) is 3.61. The standard InChI is InChI=1S/C13H22N2O4/c1-13(2)8-15(5-6-19-13)12(18)14-10(7-11(16)17)9-3-4-9/h9-10H,3-8H2,1-2H3,(H,14,18)(H,16,17). The zero-order valence-electron chi connectivity index (χ0n) is 11.5. The van der Waals surface area contributed by atoms with Gasteiger partial charge in [0.15, 0.2) is 0 Å². The number of hydrogen-bond donors (Lipinski definition) is 2. The summed E-state index contributed by atoms with van der Waals surface area (Å²) in [6.45, 7) is 5.50. The molecule has 0 radical (unpaired) electrons. The van der Waals surface area contributed by atoms with Gasteiger partial charge in [-0.2, -0.15) is 0 Å². The van der Waals surface area contributed by atoms with E-state index >= 15 is 0 Å². The Hall–Kier alpha value is -1.30. The van der Waals surface area contributed by atoms with Crippen LogP contribution in [0.3, 0.4) is 0 Å². The smallest absolute Gasteiger partial charge is 0.317 e. The fourth-order valence-corrected chi connectivity index (χ4v) is 2.46. The molecule has 1 aliphatic carbocycles. The number of morpholine rings is 1. The van der Waals surface area contributed by atoms with E-state index in [9.17, 15) is 9.59 Å². The molecule has 19 heavy (non-hydrogen) atoms. The Morgan fingerprint density at radius 2 is 2.16 bits per heavy atom. The van der Waals surface area contributed by atoms with E-state index in [0.717, 1.165) is 12.8 Å². The van der Waals surface area contributed by atoms with Crippen LogP contribution in [0.25, 0.3) is 0 Å². The molecule has 1 unspecified atom stereocenters. The lowest BCUT2D eigenvalue weighted by Gasteiger charge is -2.38. The lowest BCUT2D eigenvalue weighted by atomic mass is 10.1. The highest BCUT2D eigenvalue weighted by molar-refractivity contribution is 5.76. The fourth-order valence-electron chi connectivity index (χ4n) is 2.46. The highest BCUT2D eigenvalue weighted by Gasteiger charge is 2.36. The Morgan fingerprint density at radius 3 is 2.68 bits per heavy atom. The zero-order chi connectivity index (χ0) is 14.0. The van der Waals surface area contributed by atoms with Crippen LogP contribution in [0, 0.1) is 5.92 Å². The SMILES string of the molecule is CC1(C)CN(C(=O)NC(CC(=O)O)C2CC2)CCO1. The van der Waals surface area contributed by atoms with Crippen molar-refractivity contribution in [2.45, 2.75) is 44.8 Å². The first-order valence-electron chi connectivity index (χ1n) is 6.78. The molecule has 1 heterocycles. The maximum Gasteiger partial charge on any atom is 0.317 e. The van der Waals surface area contributed by atoms with E-state index in [1.807, 2.05) is 13.8 Å². The van der Waals surface area contributed by atoms with E-state index in [1.54, 1.807) is 4.90 Å². The third-order valence-corrected chi connectivity index (χ3v) is 3.61. The van der Waals surface area contributed by atoms with Gasteiger partial charge >= 0.3 is 12.0 Å². The molecule has 0 bridgehead atoms. The summed E-state index contributed by atoms with van der Waals surface area (Å²) in [5.74, 6) is -0.534. The van der Waals surface area contributed by atoms with Crippen LogP contribution >= 0.6 is 0 Å². The Balaban J connectivity index is 1.89. The first kappa shape index (κ1) is 14.1. The van der Waals surface area contributed by atoms with Crippen LogP contribution in [-0.2, 0) is 9.53 Å². The molecule has 2 N–H and O–H groups in total. The highest BCUT2D eigenvalue weighted by Crippen LogP contribution is 2.34. The van der Waals surface area contributed by atoms with Gasteiger partial charge in [0.25, 0.3) is 0 Å². The van der Waals surface area contributed by atoms with Gasteiger partial charge in [0.05, 0.1) is 25.2 Å². The lowest BCUT2D eigenvalue weighted by Crippen LogP contribution is -2.55. The molecule has 2 amide bonds. The number of carboxylic acids is 1. The summed E-state index contributed by atoms with van der Waals surface area (Å²) in [6.07, 6.45) is 2.02. The van der Waals surface area contributed by atoms with Crippen molar-refractivity contribution < 1.29 is 19.4 Å². The molecular weight excluding hydrogens is 248 g/mol. The van der Waals surface area contributed by atoms with Crippen LogP contribution < -0.4 is 5.32 Å². The molecule has 0 aromatic heterocycles. The van der Waals surface area contributed by atoms with E-state index in [2.05, 4.69) is 5.32 Å². The fraction of sp³-hybridized carbons (Fsp3) is 0.846. The number of rotatable bonds is 4. The second kappa shape index (κ2) is 5.36. The van der Waals surface area contributed by atoms with E-state index in [0.29, 0.717) is 25.6 Å². The molecule has 2 aliphatic rings. The van der Waals surface area contributed by atoms with Gasteiger partial charge in [-0.05, 0) is 32.6 Å². The quantitative estimate of drug-likeness (QED) is 0.800. The van der Waals surface area contributed by atoms with Crippen LogP contribution in [0.2, 0.25) is 0 Å². The first-order chi connectivity index (χ1) is 8.87. The van der Waals surface area contributed by atoms with Crippen molar-refractivity contribution >= 4 is 12.0 Å². The summed E-state index contributed by atoms with van der Waals surface area (Å²) in [6, 6.07) is -0.412. The number of amides is 2. The van der Waals surface area contributed by atoms with Crippen LogP contribution in [0.4, 0.5) is 4.79 Å². The maximum atomic E-state index is 12.2. The van der Waals surface area contributed by atoms with Crippen molar-refractivity contribution in [1.29, 1.82) is 0 Å². The normalized spacial score (nSPS) is 23.8. The second-order valence-electron chi connectivity index (χ2n) is 6.02. The molecule has 1 aliphatic heterocycles. The van der Waals surface area contributed by atoms with Crippen molar-refractivity contribution in [2.24, 2.45) is 5.92 Å². The molecule has 6 nitrogen and oxygen atoms in total. The van der Waals surface area contributed by atoms with Crippen molar-refractivity contribution in [2.75, 3.05) is 19.7 Å². The third kappa shape index (κ3) is 4.09. The Bertz CT molecular complexity index is 366. The van der Waals surface area contributed by atoms with Crippen LogP contribution in [-0.4, -0.2) is 53.3 Å². The second-order valence-corrected chi connectivity index (χ2v) is 6.02. The van der Waals surface area contributed by atoms with E-state index in [1.165, 1.54) is 0 Å². The van der Waals surface area contributed by atoms with E-state index < -0.39 is 5.97 Å². The van der Waals surface area contributed by atoms with Crippen LogP contribution in [0.5, 0.6) is 0 Å². The van der Waals surface area contributed by atoms with Gasteiger partial charge in [-0.3, -0.25) is 4.79 Å². The average Bonchev–Trinajstić information content (AvgIpc) is 3.09.